The normalized spacial score (nSPS) is 24.7. The molecule has 1 heterocycles. The number of halogens is 2. The second-order valence-electron chi connectivity index (χ2n) is 9.35. The van der Waals surface area contributed by atoms with Crippen molar-refractivity contribution in [3.05, 3.63) is 31.7 Å². The van der Waals surface area contributed by atoms with Crippen LogP contribution in [0.15, 0.2) is 16.6 Å². The Balaban J connectivity index is 1.66. The van der Waals surface area contributed by atoms with Gasteiger partial charge in [0.2, 0.25) is 0 Å². The minimum atomic E-state index is -0.445. The van der Waals surface area contributed by atoms with Gasteiger partial charge in [0.05, 0.1) is 16.5 Å². The highest BCUT2D eigenvalue weighted by Crippen LogP contribution is 2.41. The average molecular weight is 489 g/mol. The standard InChI is InChI=1S/C20H27BrClN3O4/c1-19(2,3)11-24-12-20(29-18(24)26)6-4-5-13(9-20)10-23-16-7-14(21)15(22)8-17(16)25(27)28/h7-8,13,23H,4-6,9-12H2,1-3H3/t13-,20-/m0/s1. The monoisotopic (exact) mass is 487 g/mol. The maximum absolute atomic E-state index is 12.4. The molecule has 1 aliphatic carbocycles. The van der Waals surface area contributed by atoms with Gasteiger partial charge >= 0.3 is 6.09 Å². The van der Waals surface area contributed by atoms with Crippen molar-refractivity contribution in [2.24, 2.45) is 11.3 Å². The van der Waals surface area contributed by atoms with Crippen molar-refractivity contribution >= 4 is 45.0 Å². The predicted octanol–water partition coefficient (Wildman–Crippen LogP) is 5.85. The van der Waals surface area contributed by atoms with E-state index in [1.54, 1.807) is 6.07 Å². The van der Waals surface area contributed by atoms with Crippen LogP contribution >= 0.6 is 27.5 Å². The Kier molecular flexibility index (Phi) is 6.34. The van der Waals surface area contributed by atoms with Gasteiger partial charge in [0.25, 0.3) is 5.69 Å². The number of benzene rings is 1. The van der Waals surface area contributed by atoms with Crippen LogP contribution in [0, 0.1) is 21.4 Å². The fraction of sp³-hybridized carbons (Fsp3) is 0.650. The van der Waals surface area contributed by atoms with Crippen LogP contribution in [-0.2, 0) is 4.74 Å². The molecule has 1 saturated heterocycles. The summed E-state index contributed by atoms with van der Waals surface area (Å²) in [6.45, 7) is 8.18. The van der Waals surface area contributed by atoms with E-state index in [0.717, 1.165) is 25.7 Å². The van der Waals surface area contributed by atoms with Crippen LogP contribution in [0.2, 0.25) is 5.02 Å². The van der Waals surface area contributed by atoms with Crippen molar-refractivity contribution in [2.75, 3.05) is 25.0 Å². The molecule has 7 nitrogen and oxygen atoms in total. The van der Waals surface area contributed by atoms with Gasteiger partial charge < -0.3 is 15.0 Å². The first-order chi connectivity index (χ1) is 13.5. The number of amides is 1. The minimum absolute atomic E-state index is 0.0150. The number of nitrogens with zero attached hydrogens (tertiary/aromatic N) is 2. The van der Waals surface area contributed by atoms with E-state index in [1.807, 2.05) is 4.90 Å². The molecule has 29 heavy (non-hydrogen) atoms. The molecule has 1 aromatic carbocycles. The fourth-order valence-electron chi connectivity index (χ4n) is 4.32. The molecule has 0 bridgehead atoms. The zero-order chi connectivity index (χ0) is 21.4. The van der Waals surface area contributed by atoms with E-state index in [9.17, 15) is 14.9 Å². The van der Waals surface area contributed by atoms with Crippen LogP contribution < -0.4 is 5.32 Å². The Hall–Kier alpha value is -1.54. The molecule has 1 N–H and O–H groups in total. The zero-order valence-electron chi connectivity index (χ0n) is 17.0. The third-order valence-corrected chi connectivity index (χ3v) is 6.63. The summed E-state index contributed by atoms with van der Waals surface area (Å²) in [4.78, 5) is 25.1. The molecule has 1 amide bonds. The first kappa shape index (κ1) is 22.2. The summed E-state index contributed by atoms with van der Waals surface area (Å²) in [6, 6.07) is 2.99. The highest BCUT2D eigenvalue weighted by atomic mass is 79.9. The number of hydrogen-bond acceptors (Lipinski definition) is 5. The first-order valence-corrected chi connectivity index (χ1v) is 11.0. The van der Waals surface area contributed by atoms with Crippen molar-refractivity contribution < 1.29 is 14.5 Å². The molecular weight excluding hydrogens is 462 g/mol. The van der Waals surface area contributed by atoms with Gasteiger partial charge in [-0.25, -0.2) is 4.79 Å². The Morgan fingerprint density at radius 1 is 1.45 bits per heavy atom. The molecule has 3 rings (SSSR count). The van der Waals surface area contributed by atoms with E-state index in [1.165, 1.54) is 6.07 Å². The van der Waals surface area contributed by atoms with Gasteiger partial charge in [-0.2, -0.15) is 0 Å². The van der Waals surface area contributed by atoms with Crippen molar-refractivity contribution in [1.82, 2.24) is 4.90 Å². The molecule has 0 unspecified atom stereocenters. The third kappa shape index (κ3) is 5.34. The third-order valence-electron chi connectivity index (χ3n) is 5.43. The van der Waals surface area contributed by atoms with Gasteiger partial charge in [-0.3, -0.25) is 10.1 Å². The number of rotatable bonds is 5. The van der Waals surface area contributed by atoms with Gasteiger partial charge in [0.1, 0.15) is 11.3 Å². The lowest BCUT2D eigenvalue weighted by Gasteiger charge is -2.36. The zero-order valence-corrected chi connectivity index (χ0v) is 19.3. The minimum Gasteiger partial charge on any atom is -0.441 e. The Morgan fingerprint density at radius 3 is 2.83 bits per heavy atom. The van der Waals surface area contributed by atoms with Gasteiger partial charge in [0, 0.05) is 23.6 Å². The molecule has 1 spiro atoms. The van der Waals surface area contributed by atoms with Crippen LogP contribution in [0.4, 0.5) is 16.2 Å². The lowest BCUT2D eigenvalue weighted by Crippen LogP contribution is -2.42. The second kappa shape index (κ2) is 8.30. The molecule has 160 valence electrons. The van der Waals surface area contributed by atoms with Crippen LogP contribution in [0.3, 0.4) is 0 Å². The van der Waals surface area contributed by atoms with Crippen molar-refractivity contribution in [3.63, 3.8) is 0 Å². The lowest BCUT2D eigenvalue weighted by atomic mass is 9.77. The van der Waals surface area contributed by atoms with Crippen LogP contribution in [0.1, 0.15) is 46.5 Å². The molecule has 1 aromatic rings. The number of nitro benzene ring substituents is 1. The summed E-state index contributed by atoms with van der Waals surface area (Å²) in [5.74, 6) is 0.264. The Labute approximate surface area is 184 Å². The summed E-state index contributed by atoms with van der Waals surface area (Å²) < 4.78 is 6.46. The van der Waals surface area contributed by atoms with E-state index in [-0.39, 0.29) is 23.1 Å². The van der Waals surface area contributed by atoms with Crippen molar-refractivity contribution in [3.8, 4) is 0 Å². The van der Waals surface area contributed by atoms with Crippen molar-refractivity contribution in [2.45, 2.75) is 52.1 Å². The smallest absolute Gasteiger partial charge is 0.410 e. The topological polar surface area (TPSA) is 84.7 Å². The quantitative estimate of drug-likeness (QED) is 0.415. The Bertz CT molecular complexity index is 814. The predicted molar refractivity (Wildman–Crippen MR) is 116 cm³/mol. The van der Waals surface area contributed by atoms with E-state index < -0.39 is 10.5 Å². The SMILES string of the molecule is CC(C)(C)CN1C[C@@]2(CCC[C@H](CNc3cc(Br)c(Cl)cc3[N+](=O)[O-])C2)OC1=O. The number of carbonyl (C=O) groups excluding carboxylic acids is 1. The maximum atomic E-state index is 12.4. The molecule has 2 atom stereocenters. The number of anilines is 1. The summed E-state index contributed by atoms with van der Waals surface area (Å²) in [6.07, 6.45) is 3.35. The molecule has 2 fully saturated rings. The van der Waals surface area contributed by atoms with Crippen molar-refractivity contribution in [1.29, 1.82) is 0 Å². The van der Waals surface area contributed by atoms with E-state index in [2.05, 4.69) is 42.0 Å². The molecule has 0 radical (unpaired) electrons. The van der Waals surface area contributed by atoms with Gasteiger partial charge in [-0.1, -0.05) is 32.4 Å². The van der Waals surface area contributed by atoms with E-state index in [0.29, 0.717) is 34.8 Å². The average Bonchev–Trinajstić information content (AvgIpc) is 2.88. The molecule has 0 aromatic heterocycles. The van der Waals surface area contributed by atoms with E-state index >= 15 is 0 Å². The molecule has 1 aliphatic heterocycles. The van der Waals surface area contributed by atoms with Crippen LogP contribution in [-0.4, -0.2) is 41.2 Å². The summed E-state index contributed by atoms with van der Waals surface area (Å²) >= 11 is 9.33. The Morgan fingerprint density at radius 2 is 2.17 bits per heavy atom. The highest BCUT2D eigenvalue weighted by Gasteiger charge is 2.48. The molecule has 9 heteroatoms. The second-order valence-corrected chi connectivity index (χ2v) is 10.6. The first-order valence-electron chi connectivity index (χ1n) is 9.83. The highest BCUT2D eigenvalue weighted by molar-refractivity contribution is 9.10. The maximum Gasteiger partial charge on any atom is 0.410 e. The summed E-state index contributed by atoms with van der Waals surface area (Å²) in [5.41, 5.74) is -0.0448. The molecule has 2 aliphatic rings. The molecular formula is C20H27BrClN3O4. The summed E-state index contributed by atoms with van der Waals surface area (Å²) in [5, 5.41) is 14.9. The van der Waals surface area contributed by atoms with Crippen LogP contribution in [0.25, 0.3) is 0 Å². The largest absolute Gasteiger partial charge is 0.441 e. The lowest BCUT2D eigenvalue weighted by molar-refractivity contribution is -0.384. The van der Waals surface area contributed by atoms with Gasteiger partial charge in [-0.05, 0) is 59.0 Å². The molecule has 1 saturated carbocycles. The number of nitro groups is 1. The fourth-order valence-corrected chi connectivity index (χ4v) is 4.83. The summed E-state index contributed by atoms with van der Waals surface area (Å²) in [7, 11) is 0. The van der Waals surface area contributed by atoms with E-state index in [4.69, 9.17) is 16.3 Å². The van der Waals surface area contributed by atoms with Crippen LogP contribution in [0.5, 0.6) is 0 Å². The number of nitrogens with one attached hydrogen (secondary N) is 1. The number of hydrogen-bond donors (Lipinski definition) is 1. The van der Waals surface area contributed by atoms with Gasteiger partial charge in [0.15, 0.2) is 0 Å². The number of carbonyl (C=O) groups is 1. The van der Waals surface area contributed by atoms with Gasteiger partial charge in [-0.15, -0.1) is 0 Å². The number of ether oxygens (including phenoxy) is 1.